The first kappa shape index (κ1) is 13.7. The minimum Gasteiger partial charge on any atom is -0.497 e. The summed E-state index contributed by atoms with van der Waals surface area (Å²) in [6.45, 7) is 4.70. The van der Waals surface area contributed by atoms with Crippen molar-refractivity contribution in [1.29, 1.82) is 0 Å². The van der Waals surface area contributed by atoms with Crippen LogP contribution in [0.25, 0.3) is 0 Å². The summed E-state index contributed by atoms with van der Waals surface area (Å²) >= 11 is 3.61. The van der Waals surface area contributed by atoms with E-state index in [0.29, 0.717) is 6.04 Å². The lowest BCUT2D eigenvalue weighted by atomic mass is 9.78. The Labute approximate surface area is 118 Å². The molecule has 0 aromatic heterocycles. The van der Waals surface area contributed by atoms with E-state index < -0.39 is 0 Å². The van der Waals surface area contributed by atoms with Crippen molar-refractivity contribution in [3.8, 4) is 5.75 Å². The van der Waals surface area contributed by atoms with E-state index >= 15 is 0 Å². The summed E-state index contributed by atoms with van der Waals surface area (Å²) in [5.41, 5.74) is 1.14. The molecular formula is C15H22BrNO. The fraction of sp³-hybridized carbons (Fsp3) is 0.600. The van der Waals surface area contributed by atoms with Gasteiger partial charge in [0.1, 0.15) is 5.75 Å². The lowest BCUT2D eigenvalue weighted by molar-refractivity contribution is 0.268. The third-order valence-electron chi connectivity index (χ3n) is 4.04. The maximum atomic E-state index is 5.29. The molecule has 0 bridgehead atoms. The van der Waals surface area contributed by atoms with Gasteiger partial charge in [0.05, 0.1) is 12.8 Å². The van der Waals surface area contributed by atoms with E-state index in [1.54, 1.807) is 7.11 Å². The molecule has 1 N–H and O–H groups in total. The van der Waals surface area contributed by atoms with Gasteiger partial charge >= 0.3 is 0 Å². The Bertz CT molecular complexity index is 397. The molecule has 1 fully saturated rings. The normalized spacial score (nSPS) is 27.9. The van der Waals surface area contributed by atoms with E-state index in [2.05, 4.69) is 41.2 Å². The monoisotopic (exact) mass is 311 g/mol. The highest BCUT2D eigenvalue weighted by molar-refractivity contribution is 9.10. The summed E-state index contributed by atoms with van der Waals surface area (Å²) in [6.07, 6.45) is 4.01. The minimum atomic E-state index is 0.558. The van der Waals surface area contributed by atoms with Gasteiger partial charge in [-0.2, -0.15) is 0 Å². The Morgan fingerprint density at radius 2 is 1.89 bits per heavy atom. The lowest BCUT2D eigenvalue weighted by Gasteiger charge is -2.36. The van der Waals surface area contributed by atoms with Crippen molar-refractivity contribution in [2.24, 2.45) is 11.8 Å². The van der Waals surface area contributed by atoms with Crippen LogP contribution in [0, 0.1) is 11.8 Å². The minimum absolute atomic E-state index is 0.558. The van der Waals surface area contributed by atoms with Gasteiger partial charge in [-0.25, -0.2) is 0 Å². The fourth-order valence-corrected chi connectivity index (χ4v) is 3.25. The Morgan fingerprint density at radius 1 is 1.22 bits per heavy atom. The van der Waals surface area contributed by atoms with Crippen LogP contribution in [-0.2, 0) is 0 Å². The fourth-order valence-electron chi connectivity index (χ4n) is 2.89. The smallest absolute Gasteiger partial charge is 0.121 e. The van der Waals surface area contributed by atoms with E-state index in [4.69, 9.17) is 4.74 Å². The molecule has 1 aliphatic rings. The average molecular weight is 312 g/mol. The van der Waals surface area contributed by atoms with Gasteiger partial charge in [0.15, 0.2) is 0 Å². The largest absolute Gasteiger partial charge is 0.497 e. The van der Waals surface area contributed by atoms with Gasteiger partial charge < -0.3 is 10.1 Å². The van der Waals surface area contributed by atoms with E-state index in [9.17, 15) is 0 Å². The summed E-state index contributed by atoms with van der Waals surface area (Å²) in [4.78, 5) is 0. The van der Waals surface area contributed by atoms with Gasteiger partial charge in [-0.15, -0.1) is 0 Å². The maximum Gasteiger partial charge on any atom is 0.121 e. The molecule has 2 rings (SSSR count). The molecule has 3 heteroatoms. The second-order valence-electron chi connectivity index (χ2n) is 5.40. The van der Waals surface area contributed by atoms with Crippen molar-refractivity contribution in [3.05, 3.63) is 22.7 Å². The van der Waals surface area contributed by atoms with Gasteiger partial charge in [-0.3, -0.25) is 0 Å². The molecule has 100 valence electrons. The van der Waals surface area contributed by atoms with E-state index in [-0.39, 0.29) is 0 Å². The first-order valence-corrected chi connectivity index (χ1v) is 7.51. The van der Waals surface area contributed by atoms with Crippen molar-refractivity contribution in [1.82, 2.24) is 0 Å². The Balaban J connectivity index is 2.16. The number of nitrogens with one attached hydrogen (secondary N) is 1. The van der Waals surface area contributed by atoms with Crippen LogP contribution in [0.5, 0.6) is 5.75 Å². The summed E-state index contributed by atoms with van der Waals surface area (Å²) in [5, 5.41) is 3.70. The number of methoxy groups -OCH3 is 1. The molecule has 1 aliphatic carbocycles. The molecule has 2 nitrogen and oxygen atoms in total. The highest BCUT2D eigenvalue weighted by Gasteiger charge is 2.27. The highest BCUT2D eigenvalue weighted by atomic mass is 79.9. The Kier molecular flexibility index (Phi) is 4.55. The van der Waals surface area contributed by atoms with Crippen molar-refractivity contribution >= 4 is 21.6 Å². The predicted molar refractivity (Wildman–Crippen MR) is 80.3 cm³/mol. The van der Waals surface area contributed by atoms with E-state index in [1.807, 2.05) is 12.1 Å². The standard InChI is InChI=1S/C15H22BrNO/c1-10-5-4-6-11(2)15(10)17-14-9-12(18-3)7-8-13(14)16/h7-11,15,17H,4-6H2,1-3H3. The zero-order valence-corrected chi connectivity index (χ0v) is 13.0. The molecule has 18 heavy (non-hydrogen) atoms. The number of ether oxygens (including phenoxy) is 1. The quantitative estimate of drug-likeness (QED) is 0.874. The third kappa shape index (κ3) is 3.00. The molecule has 1 aromatic rings. The molecule has 0 aliphatic heterocycles. The van der Waals surface area contributed by atoms with Crippen LogP contribution in [0.15, 0.2) is 22.7 Å². The third-order valence-corrected chi connectivity index (χ3v) is 4.73. The van der Waals surface area contributed by atoms with Crippen LogP contribution in [0.3, 0.4) is 0 Å². The van der Waals surface area contributed by atoms with Crippen LogP contribution < -0.4 is 10.1 Å². The van der Waals surface area contributed by atoms with Gasteiger partial charge in [0.25, 0.3) is 0 Å². The van der Waals surface area contributed by atoms with E-state index in [0.717, 1.165) is 27.7 Å². The van der Waals surface area contributed by atoms with Crippen molar-refractivity contribution in [2.45, 2.75) is 39.2 Å². The SMILES string of the molecule is COc1ccc(Br)c(NC2C(C)CCCC2C)c1. The van der Waals surface area contributed by atoms with Crippen LogP contribution in [0.1, 0.15) is 33.1 Å². The molecule has 2 unspecified atom stereocenters. The second-order valence-corrected chi connectivity index (χ2v) is 6.26. The summed E-state index contributed by atoms with van der Waals surface area (Å²) in [5.74, 6) is 2.36. The first-order valence-electron chi connectivity index (χ1n) is 6.72. The lowest BCUT2D eigenvalue weighted by Crippen LogP contribution is -2.37. The van der Waals surface area contributed by atoms with Gasteiger partial charge in [0.2, 0.25) is 0 Å². The first-order chi connectivity index (χ1) is 8.61. The number of anilines is 1. The average Bonchev–Trinajstić information content (AvgIpc) is 2.36. The van der Waals surface area contributed by atoms with Crippen LogP contribution >= 0.6 is 15.9 Å². The second kappa shape index (κ2) is 5.96. The molecule has 0 radical (unpaired) electrons. The molecule has 2 atom stereocenters. The van der Waals surface area contributed by atoms with Gasteiger partial charge in [-0.1, -0.05) is 20.3 Å². The molecule has 0 spiro atoms. The Hall–Kier alpha value is -0.700. The molecule has 0 heterocycles. The molecule has 0 saturated heterocycles. The van der Waals surface area contributed by atoms with Crippen LogP contribution in [0.2, 0.25) is 0 Å². The van der Waals surface area contributed by atoms with Crippen molar-refractivity contribution < 1.29 is 4.74 Å². The predicted octanol–water partition coefficient (Wildman–Crippen LogP) is 4.69. The zero-order chi connectivity index (χ0) is 13.1. The van der Waals surface area contributed by atoms with Gasteiger partial charge in [0, 0.05) is 16.6 Å². The zero-order valence-electron chi connectivity index (χ0n) is 11.4. The van der Waals surface area contributed by atoms with E-state index in [1.165, 1.54) is 19.3 Å². The molecule has 1 saturated carbocycles. The van der Waals surface area contributed by atoms with Crippen molar-refractivity contribution in [2.75, 3.05) is 12.4 Å². The van der Waals surface area contributed by atoms with Gasteiger partial charge in [-0.05, 0) is 52.7 Å². The number of halogens is 1. The number of hydrogen-bond acceptors (Lipinski definition) is 2. The van der Waals surface area contributed by atoms with Crippen LogP contribution in [-0.4, -0.2) is 13.2 Å². The number of rotatable bonds is 3. The molecular weight excluding hydrogens is 290 g/mol. The van der Waals surface area contributed by atoms with Crippen molar-refractivity contribution in [3.63, 3.8) is 0 Å². The summed E-state index contributed by atoms with van der Waals surface area (Å²) in [7, 11) is 1.71. The summed E-state index contributed by atoms with van der Waals surface area (Å²) in [6, 6.07) is 6.64. The highest BCUT2D eigenvalue weighted by Crippen LogP contribution is 2.34. The molecule has 0 amide bonds. The summed E-state index contributed by atoms with van der Waals surface area (Å²) < 4.78 is 6.40. The molecule has 1 aromatic carbocycles. The number of benzene rings is 1. The maximum absolute atomic E-state index is 5.29. The van der Waals surface area contributed by atoms with Crippen LogP contribution in [0.4, 0.5) is 5.69 Å². The Morgan fingerprint density at radius 3 is 2.50 bits per heavy atom. The number of hydrogen-bond donors (Lipinski definition) is 1. The topological polar surface area (TPSA) is 21.3 Å².